The van der Waals surface area contributed by atoms with Gasteiger partial charge in [-0.05, 0) is 38.5 Å². The fraction of sp³-hybridized carbons (Fsp3) is 0.765. The number of esters is 1. The van der Waals surface area contributed by atoms with Crippen LogP contribution in [0.1, 0.15) is 53.4 Å². The molecule has 0 aromatic heterocycles. The summed E-state index contributed by atoms with van der Waals surface area (Å²) in [6, 6.07) is 0. The van der Waals surface area contributed by atoms with Gasteiger partial charge in [0.1, 0.15) is 11.7 Å². The molecule has 2 rings (SSSR count). The van der Waals surface area contributed by atoms with E-state index < -0.39 is 17.6 Å². The van der Waals surface area contributed by atoms with E-state index in [4.69, 9.17) is 4.74 Å². The van der Waals surface area contributed by atoms with Crippen molar-refractivity contribution < 1.29 is 19.4 Å². The predicted octanol–water partition coefficient (Wildman–Crippen LogP) is 2.64. The van der Waals surface area contributed by atoms with Gasteiger partial charge in [-0.2, -0.15) is 0 Å². The summed E-state index contributed by atoms with van der Waals surface area (Å²) in [7, 11) is 0. The molecule has 0 aromatic carbocycles. The summed E-state index contributed by atoms with van der Waals surface area (Å²) in [5.74, 6) is -0.417. The first-order valence-electron chi connectivity index (χ1n) is 7.79. The zero-order valence-corrected chi connectivity index (χ0v) is 13.4. The Morgan fingerprint density at radius 2 is 2.19 bits per heavy atom. The van der Waals surface area contributed by atoms with Crippen LogP contribution < -0.4 is 0 Å². The van der Waals surface area contributed by atoms with Crippen LogP contribution in [-0.2, 0) is 14.3 Å². The van der Waals surface area contributed by atoms with Crippen LogP contribution in [0.3, 0.4) is 0 Å². The van der Waals surface area contributed by atoms with E-state index >= 15 is 0 Å². The minimum absolute atomic E-state index is 0.305. The molecule has 4 nitrogen and oxygen atoms in total. The van der Waals surface area contributed by atoms with Crippen molar-refractivity contribution in [2.75, 3.05) is 0 Å². The summed E-state index contributed by atoms with van der Waals surface area (Å²) in [5, 5.41) is 10.7. The van der Waals surface area contributed by atoms with Crippen molar-refractivity contribution in [3.05, 3.63) is 11.6 Å². The Morgan fingerprint density at radius 1 is 1.52 bits per heavy atom. The second kappa shape index (κ2) is 5.56. The van der Waals surface area contributed by atoms with Gasteiger partial charge in [0.05, 0.1) is 0 Å². The highest BCUT2D eigenvalue weighted by molar-refractivity contribution is 5.67. The van der Waals surface area contributed by atoms with E-state index in [1.807, 2.05) is 0 Å². The van der Waals surface area contributed by atoms with E-state index in [-0.39, 0.29) is 11.4 Å². The van der Waals surface area contributed by atoms with Gasteiger partial charge in [-0.15, -0.1) is 0 Å². The zero-order valence-electron chi connectivity index (χ0n) is 13.4. The summed E-state index contributed by atoms with van der Waals surface area (Å²) in [5.41, 5.74) is -0.502. The maximum atomic E-state index is 11.5. The SMILES string of the molecule is CC(=O)O[C@H]1CCC2=CCC[C@H](C)[C@@]2(C)[C@H]1[C@@](C)(O)C=O. The highest BCUT2D eigenvalue weighted by Crippen LogP contribution is 2.57. The average Bonchev–Trinajstić information content (AvgIpc) is 2.39. The number of fused-ring (bicyclic) bond motifs is 1. The van der Waals surface area contributed by atoms with Gasteiger partial charge in [-0.3, -0.25) is 4.79 Å². The second-order valence-electron chi connectivity index (χ2n) is 7.00. The van der Waals surface area contributed by atoms with Gasteiger partial charge >= 0.3 is 5.97 Å². The summed E-state index contributed by atoms with van der Waals surface area (Å²) in [4.78, 5) is 22.9. The topological polar surface area (TPSA) is 63.6 Å². The van der Waals surface area contributed by atoms with Gasteiger partial charge in [-0.25, -0.2) is 0 Å². The van der Waals surface area contributed by atoms with Crippen molar-refractivity contribution in [3.63, 3.8) is 0 Å². The lowest BCUT2D eigenvalue weighted by molar-refractivity contribution is -0.175. The first-order chi connectivity index (χ1) is 9.73. The Balaban J connectivity index is 2.50. The van der Waals surface area contributed by atoms with E-state index in [1.165, 1.54) is 19.4 Å². The number of aliphatic hydroxyl groups is 1. The maximum Gasteiger partial charge on any atom is 0.302 e. The first kappa shape index (κ1) is 16.2. The molecule has 0 heterocycles. The van der Waals surface area contributed by atoms with E-state index in [0.717, 1.165) is 19.3 Å². The number of rotatable bonds is 3. The van der Waals surface area contributed by atoms with Crippen molar-refractivity contribution in [2.24, 2.45) is 17.3 Å². The van der Waals surface area contributed by atoms with Crippen LogP contribution in [0.15, 0.2) is 11.6 Å². The number of ether oxygens (including phenoxy) is 1. The summed E-state index contributed by atoms with van der Waals surface area (Å²) in [6.07, 6.45) is 6.04. The summed E-state index contributed by atoms with van der Waals surface area (Å²) in [6.45, 7) is 7.19. The molecule has 0 aromatic rings. The normalized spacial score (nSPS) is 38.7. The van der Waals surface area contributed by atoms with Crippen molar-refractivity contribution in [3.8, 4) is 0 Å². The molecule has 0 bridgehead atoms. The van der Waals surface area contributed by atoms with Crippen LogP contribution in [0.5, 0.6) is 0 Å². The van der Waals surface area contributed by atoms with Gasteiger partial charge in [0, 0.05) is 18.3 Å². The number of hydrogen-bond acceptors (Lipinski definition) is 4. The minimum atomic E-state index is -1.50. The van der Waals surface area contributed by atoms with Gasteiger partial charge in [0.25, 0.3) is 0 Å². The monoisotopic (exact) mass is 294 g/mol. The fourth-order valence-electron chi connectivity index (χ4n) is 4.47. The molecule has 0 unspecified atom stereocenters. The van der Waals surface area contributed by atoms with Crippen molar-refractivity contribution >= 4 is 12.3 Å². The average molecular weight is 294 g/mol. The molecular weight excluding hydrogens is 268 g/mol. The first-order valence-corrected chi connectivity index (χ1v) is 7.79. The van der Waals surface area contributed by atoms with Crippen molar-refractivity contribution in [1.29, 1.82) is 0 Å². The number of hydrogen-bond donors (Lipinski definition) is 1. The Kier molecular flexibility index (Phi) is 4.29. The molecule has 0 spiro atoms. The van der Waals surface area contributed by atoms with Gasteiger partial charge in [0.15, 0.2) is 6.29 Å². The van der Waals surface area contributed by atoms with Crippen LogP contribution in [0.25, 0.3) is 0 Å². The molecule has 5 atom stereocenters. The van der Waals surface area contributed by atoms with E-state index in [2.05, 4.69) is 19.9 Å². The molecule has 1 fully saturated rings. The second-order valence-corrected chi connectivity index (χ2v) is 7.00. The zero-order chi connectivity index (χ0) is 15.8. The molecule has 118 valence electrons. The van der Waals surface area contributed by atoms with E-state index in [1.54, 1.807) is 0 Å². The van der Waals surface area contributed by atoms with Crippen LogP contribution in [0.2, 0.25) is 0 Å². The molecule has 4 heteroatoms. The predicted molar refractivity (Wildman–Crippen MR) is 79.6 cm³/mol. The van der Waals surface area contributed by atoms with Crippen LogP contribution in [0, 0.1) is 17.3 Å². The van der Waals surface area contributed by atoms with E-state index in [9.17, 15) is 14.7 Å². The molecule has 21 heavy (non-hydrogen) atoms. The third-order valence-electron chi connectivity index (χ3n) is 5.61. The molecule has 2 aliphatic rings. The van der Waals surface area contributed by atoms with Crippen LogP contribution in [0.4, 0.5) is 0 Å². The Bertz CT molecular complexity index is 465. The number of allylic oxidation sites excluding steroid dienone is 2. The molecule has 1 N–H and O–H groups in total. The standard InChI is InChI=1S/C17H26O4/c1-11-6-5-7-13-8-9-14(21-12(2)19)15(17(11,13)4)16(3,20)10-18/h7,10-11,14-15,20H,5-6,8-9H2,1-4H3/t11-,14-,15+,16-,17+/m0/s1. The molecule has 0 amide bonds. The summed E-state index contributed by atoms with van der Waals surface area (Å²) < 4.78 is 5.47. The van der Waals surface area contributed by atoms with E-state index in [0.29, 0.717) is 18.6 Å². The Labute approximate surface area is 126 Å². The number of carbonyl (C=O) groups is 2. The fourth-order valence-corrected chi connectivity index (χ4v) is 4.47. The van der Waals surface area contributed by atoms with Gasteiger partial charge in [0.2, 0.25) is 0 Å². The Hall–Kier alpha value is -1.16. The molecule has 0 aliphatic heterocycles. The highest BCUT2D eigenvalue weighted by Gasteiger charge is 2.57. The smallest absolute Gasteiger partial charge is 0.302 e. The maximum absolute atomic E-state index is 11.5. The lowest BCUT2D eigenvalue weighted by Crippen LogP contribution is -2.58. The number of carbonyl (C=O) groups excluding carboxylic acids is 2. The molecular formula is C17H26O4. The highest BCUT2D eigenvalue weighted by atomic mass is 16.5. The van der Waals surface area contributed by atoms with Crippen LogP contribution in [-0.4, -0.2) is 29.1 Å². The lowest BCUT2D eigenvalue weighted by atomic mass is 9.51. The van der Waals surface area contributed by atoms with Crippen molar-refractivity contribution in [2.45, 2.75) is 65.1 Å². The molecule has 2 aliphatic carbocycles. The van der Waals surface area contributed by atoms with Crippen LogP contribution >= 0.6 is 0 Å². The quantitative estimate of drug-likeness (QED) is 0.494. The number of aldehydes is 1. The van der Waals surface area contributed by atoms with Gasteiger partial charge in [-0.1, -0.05) is 25.5 Å². The van der Waals surface area contributed by atoms with Crippen molar-refractivity contribution in [1.82, 2.24) is 0 Å². The molecule has 0 radical (unpaired) electrons. The third-order valence-corrected chi connectivity index (χ3v) is 5.61. The molecule has 0 saturated heterocycles. The lowest BCUT2D eigenvalue weighted by Gasteiger charge is -2.55. The minimum Gasteiger partial charge on any atom is -0.462 e. The van der Waals surface area contributed by atoms with Gasteiger partial charge < -0.3 is 14.6 Å². The largest absolute Gasteiger partial charge is 0.462 e. The third kappa shape index (κ3) is 2.66. The summed E-state index contributed by atoms with van der Waals surface area (Å²) >= 11 is 0. The molecule has 1 saturated carbocycles. The Morgan fingerprint density at radius 3 is 2.76 bits per heavy atom.